The molecule has 1 aromatic heterocycles. The van der Waals surface area contributed by atoms with Crippen LogP contribution >= 0.6 is 23.1 Å². The zero-order valence-electron chi connectivity index (χ0n) is 18.3. The summed E-state index contributed by atoms with van der Waals surface area (Å²) >= 11 is 2.48. The van der Waals surface area contributed by atoms with Crippen molar-refractivity contribution in [2.24, 2.45) is 5.92 Å². The second-order valence-electron chi connectivity index (χ2n) is 7.84. The van der Waals surface area contributed by atoms with E-state index < -0.39 is 5.97 Å². The standard InChI is InChI=1S/C22H31N3O5S2/c1-29-18-9-7-17(8-10-18)25(11-12-30-14-16-5-3-2-4-6-16)22(28)24-21-23-13-20(32-21)31-15-19(26)27/h2-5,13,16-18H,6-12,14-15H2,1H3,(H,26,27)(H,23,24,28). The van der Waals surface area contributed by atoms with Gasteiger partial charge in [0.05, 0.1) is 35.5 Å². The highest BCUT2D eigenvalue weighted by Crippen LogP contribution is 2.29. The number of thioether (sulfide) groups is 1. The van der Waals surface area contributed by atoms with Crippen molar-refractivity contribution in [2.75, 3.05) is 37.9 Å². The van der Waals surface area contributed by atoms with Crippen LogP contribution in [0.5, 0.6) is 0 Å². The number of hydrogen-bond acceptors (Lipinski definition) is 7. The van der Waals surface area contributed by atoms with Crippen LogP contribution in [-0.2, 0) is 14.3 Å². The first-order valence-corrected chi connectivity index (χ1v) is 12.7. The van der Waals surface area contributed by atoms with Crippen LogP contribution in [-0.4, -0.2) is 71.8 Å². The lowest BCUT2D eigenvalue weighted by atomic mass is 9.92. The number of aromatic nitrogens is 1. The highest BCUT2D eigenvalue weighted by Gasteiger charge is 2.29. The van der Waals surface area contributed by atoms with E-state index in [0.717, 1.165) is 36.3 Å². The fraction of sp³-hybridized carbons (Fsp3) is 0.591. The first kappa shape index (κ1) is 24.8. The van der Waals surface area contributed by atoms with Gasteiger partial charge < -0.3 is 19.5 Å². The molecule has 0 radical (unpaired) electrons. The summed E-state index contributed by atoms with van der Waals surface area (Å²) < 4.78 is 12.1. The van der Waals surface area contributed by atoms with E-state index in [1.165, 1.54) is 23.1 Å². The number of carboxylic acids is 1. The summed E-state index contributed by atoms with van der Waals surface area (Å²) in [5.41, 5.74) is 0. The maximum absolute atomic E-state index is 13.1. The van der Waals surface area contributed by atoms with Crippen LogP contribution in [0.1, 0.15) is 32.1 Å². The molecule has 1 heterocycles. The number of methoxy groups -OCH3 is 1. The Hall–Kier alpha value is -1.88. The average Bonchev–Trinajstić information content (AvgIpc) is 3.25. The molecular weight excluding hydrogens is 450 g/mol. The second kappa shape index (κ2) is 13.0. The van der Waals surface area contributed by atoms with Crippen molar-refractivity contribution >= 4 is 40.2 Å². The first-order chi connectivity index (χ1) is 15.5. The molecule has 0 aliphatic heterocycles. The van der Waals surface area contributed by atoms with E-state index in [1.807, 2.05) is 17.1 Å². The van der Waals surface area contributed by atoms with Crippen molar-refractivity contribution in [3.05, 3.63) is 30.5 Å². The zero-order chi connectivity index (χ0) is 22.8. The quantitative estimate of drug-likeness (QED) is 0.360. The lowest BCUT2D eigenvalue weighted by molar-refractivity contribution is -0.133. The molecule has 3 rings (SSSR count). The summed E-state index contributed by atoms with van der Waals surface area (Å²) in [6, 6.07) is -0.0672. The summed E-state index contributed by atoms with van der Waals surface area (Å²) in [5, 5.41) is 12.2. The molecule has 2 N–H and O–H groups in total. The second-order valence-corrected chi connectivity index (χ2v) is 10.1. The number of anilines is 1. The van der Waals surface area contributed by atoms with Gasteiger partial charge in [0.15, 0.2) is 5.13 Å². The third-order valence-electron chi connectivity index (χ3n) is 5.59. The predicted octanol–water partition coefficient (Wildman–Crippen LogP) is 4.26. The maximum Gasteiger partial charge on any atom is 0.323 e. The molecule has 0 saturated heterocycles. The maximum atomic E-state index is 13.1. The monoisotopic (exact) mass is 481 g/mol. The summed E-state index contributed by atoms with van der Waals surface area (Å²) in [6.45, 7) is 1.62. The minimum atomic E-state index is -0.883. The predicted molar refractivity (Wildman–Crippen MR) is 126 cm³/mol. The van der Waals surface area contributed by atoms with E-state index >= 15 is 0 Å². The summed E-state index contributed by atoms with van der Waals surface area (Å²) in [4.78, 5) is 29.9. The Balaban J connectivity index is 1.54. The fourth-order valence-electron chi connectivity index (χ4n) is 3.88. The van der Waals surface area contributed by atoms with Crippen LogP contribution in [0.3, 0.4) is 0 Å². The lowest BCUT2D eigenvalue weighted by Gasteiger charge is -2.36. The van der Waals surface area contributed by atoms with Gasteiger partial charge in [0.1, 0.15) is 0 Å². The molecule has 1 aromatic rings. The van der Waals surface area contributed by atoms with Crippen molar-refractivity contribution in [3.8, 4) is 0 Å². The van der Waals surface area contributed by atoms with Gasteiger partial charge in [-0.15, -0.1) is 11.8 Å². The molecule has 0 bridgehead atoms. The minimum absolute atomic E-state index is 0.0340. The number of carbonyl (C=O) groups is 2. The van der Waals surface area contributed by atoms with Gasteiger partial charge in [-0.25, -0.2) is 9.78 Å². The van der Waals surface area contributed by atoms with Gasteiger partial charge >= 0.3 is 12.0 Å². The van der Waals surface area contributed by atoms with Crippen LogP contribution in [0.2, 0.25) is 0 Å². The van der Waals surface area contributed by atoms with Gasteiger partial charge in [-0.2, -0.15) is 0 Å². The van der Waals surface area contributed by atoms with Gasteiger partial charge in [-0.05, 0) is 32.1 Å². The molecule has 1 fully saturated rings. The summed E-state index contributed by atoms with van der Waals surface area (Å²) in [6.07, 6.45) is 14.8. The number of carboxylic acid groups (broad SMARTS) is 1. The van der Waals surface area contributed by atoms with Crippen molar-refractivity contribution in [1.82, 2.24) is 9.88 Å². The van der Waals surface area contributed by atoms with E-state index in [-0.39, 0.29) is 23.9 Å². The lowest BCUT2D eigenvalue weighted by Crippen LogP contribution is -2.47. The zero-order valence-corrected chi connectivity index (χ0v) is 19.9. The summed E-state index contributed by atoms with van der Waals surface area (Å²) in [5.74, 6) is -0.531. The van der Waals surface area contributed by atoms with Gasteiger partial charge in [0.2, 0.25) is 0 Å². The van der Waals surface area contributed by atoms with E-state index in [2.05, 4.69) is 22.5 Å². The molecule has 2 aliphatic carbocycles. The van der Waals surface area contributed by atoms with Crippen LogP contribution in [0.15, 0.2) is 34.7 Å². The van der Waals surface area contributed by atoms with Crippen LogP contribution in [0, 0.1) is 5.92 Å². The van der Waals surface area contributed by atoms with Gasteiger partial charge in [-0.3, -0.25) is 10.1 Å². The molecule has 1 unspecified atom stereocenters. The Bertz CT molecular complexity index is 805. The average molecular weight is 482 g/mol. The SMILES string of the molecule is COC1CCC(N(CCOCC2C=CC=CC2)C(=O)Nc2ncc(SCC(=O)O)s2)CC1. The molecule has 8 nitrogen and oxygen atoms in total. The number of amides is 2. The van der Waals surface area contributed by atoms with Crippen molar-refractivity contribution in [3.63, 3.8) is 0 Å². The molecule has 2 amide bonds. The van der Waals surface area contributed by atoms with Crippen molar-refractivity contribution in [1.29, 1.82) is 0 Å². The highest BCUT2D eigenvalue weighted by atomic mass is 32.2. The first-order valence-electron chi connectivity index (χ1n) is 10.9. The number of rotatable bonds is 11. The minimum Gasteiger partial charge on any atom is -0.481 e. The smallest absolute Gasteiger partial charge is 0.323 e. The Morgan fingerprint density at radius 2 is 2.12 bits per heavy atom. The van der Waals surface area contributed by atoms with E-state index in [4.69, 9.17) is 14.6 Å². The topological polar surface area (TPSA) is 101 Å². The molecular formula is C22H31N3O5S2. The number of aliphatic carboxylic acids is 1. The molecule has 1 atom stereocenters. The molecule has 10 heteroatoms. The highest BCUT2D eigenvalue weighted by molar-refractivity contribution is 8.01. The molecule has 2 aliphatic rings. The number of thiazole rings is 1. The third-order valence-corrected chi connectivity index (χ3v) is 7.68. The molecule has 32 heavy (non-hydrogen) atoms. The van der Waals surface area contributed by atoms with Crippen molar-refractivity contribution in [2.45, 2.75) is 48.5 Å². The number of urea groups is 1. The Kier molecular flexibility index (Phi) is 10.0. The number of allylic oxidation sites excluding steroid dienone is 3. The van der Waals surface area contributed by atoms with E-state index in [9.17, 15) is 9.59 Å². The van der Waals surface area contributed by atoms with Crippen LogP contribution in [0.25, 0.3) is 0 Å². The van der Waals surface area contributed by atoms with Crippen LogP contribution in [0.4, 0.5) is 9.93 Å². The fourth-order valence-corrected chi connectivity index (χ4v) is 5.46. The largest absolute Gasteiger partial charge is 0.481 e. The van der Waals surface area contributed by atoms with Crippen LogP contribution < -0.4 is 5.32 Å². The molecule has 1 saturated carbocycles. The molecule has 0 aromatic carbocycles. The number of nitrogens with one attached hydrogen (secondary N) is 1. The Morgan fingerprint density at radius 1 is 1.31 bits per heavy atom. The Morgan fingerprint density at radius 3 is 2.81 bits per heavy atom. The van der Waals surface area contributed by atoms with E-state index in [1.54, 1.807) is 13.3 Å². The number of nitrogens with zero attached hydrogens (tertiary/aromatic N) is 2. The number of carbonyl (C=O) groups excluding carboxylic acids is 1. The number of hydrogen-bond donors (Lipinski definition) is 2. The van der Waals surface area contributed by atoms with Gasteiger partial charge in [0.25, 0.3) is 0 Å². The van der Waals surface area contributed by atoms with E-state index in [0.29, 0.717) is 30.8 Å². The summed E-state index contributed by atoms with van der Waals surface area (Å²) in [7, 11) is 1.74. The molecule has 176 valence electrons. The molecule has 0 spiro atoms. The third kappa shape index (κ3) is 7.91. The van der Waals surface area contributed by atoms with Crippen molar-refractivity contribution < 1.29 is 24.2 Å². The van der Waals surface area contributed by atoms with Gasteiger partial charge in [-0.1, -0.05) is 35.6 Å². The normalized spacial score (nSPS) is 22.6. The van der Waals surface area contributed by atoms with Gasteiger partial charge in [0, 0.05) is 25.6 Å². The Labute approximate surface area is 197 Å². The number of ether oxygens (including phenoxy) is 2.